The van der Waals surface area contributed by atoms with Crippen LogP contribution in [0.25, 0.3) is 0 Å². The largest absolute Gasteiger partial charge is 0.394 e. The molecule has 0 amide bonds. The molecule has 0 radical (unpaired) electrons. The summed E-state index contributed by atoms with van der Waals surface area (Å²) in [7, 11) is 0. The van der Waals surface area contributed by atoms with Crippen LogP contribution in [0.15, 0.2) is 0 Å². The molecule has 0 aromatic rings. The van der Waals surface area contributed by atoms with Crippen molar-refractivity contribution in [1.29, 1.82) is 0 Å². The van der Waals surface area contributed by atoms with E-state index < -0.39 is 142 Å². The molecule has 3 heterocycles. The van der Waals surface area contributed by atoms with Crippen LogP contribution in [0.2, 0.25) is 0 Å². The highest BCUT2D eigenvalue weighted by atomic mass is 16.8. The molecule has 8 aliphatic rings. The van der Waals surface area contributed by atoms with E-state index in [1.54, 1.807) is 0 Å². The summed E-state index contributed by atoms with van der Waals surface area (Å²) >= 11 is 0. The zero-order chi connectivity index (χ0) is 49.1. The Bertz CT molecular complexity index is 1710. The average Bonchev–Trinajstić information content (AvgIpc) is 3.92. The van der Waals surface area contributed by atoms with Crippen LogP contribution in [0, 0.1) is 56.7 Å². The first-order chi connectivity index (χ1) is 31.4. The van der Waals surface area contributed by atoms with Crippen LogP contribution in [0.4, 0.5) is 0 Å². The van der Waals surface area contributed by atoms with E-state index in [1.807, 2.05) is 13.8 Å². The van der Waals surface area contributed by atoms with Crippen LogP contribution in [0.5, 0.6) is 0 Å². The minimum absolute atomic E-state index is 0.0142. The minimum Gasteiger partial charge on any atom is -0.394 e. The summed E-state index contributed by atoms with van der Waals surface area (Å²) in [6, 6.07) is 0. The van der Waals surface area contributed by atoms with E-state index >= 15 is 0 Å². The fourth-order valence-corrected chi connectivity index (χ4v) is 16.0. The quantitative estimate of drug-likeness (QED) is 0.0894. The van der Waals surface area contributed by atoms with Crippen molar-refractivity contribution in [3.8, 4) is 0 Å². The van der Waals surface area contributed by atoms with Crippen LogP contribution in [0.3, 0.4) is 0 Å². The summed E-state index contributed by atoms with van der Waals surface area (Å²) < 4.78 is 36.1. The molecule has 0 unspecified atom stereocenters. The van der Waals surface area contributed by atoms with Crippen molar-refractivity contribution in [2.24, 2.45) is 56.7 Å². The summed E-state index contributed by atoms with van der Waals surface area (Å²) in [4.78, 5) is 0. The highest BCUT2D eigenvalue weighted by molar-refractivity contribution is 5.33. The van der Waals surface area contributed by atoms with Gasteiger partial charge in [-0.05, 0) is 109 Å². The molecule has 13 N–H and O–H groups in total. The summed E-state index contributed by atoms with van der Waals surface area (Å²) in [6.45, 7) is 12.9. The lowest BCUT2D eigenvalue weighted by molar-refractivity contribution is -0.391. The maximum absolute atomic E-state index is 12.6. The summed E-state index contributed by atoms with van der Waals surface area (Å²) in [6.07, 6.45) is -20.7. The van der Waals surface area contributed by atoms with Gasteiger partial charge in [-0.15, -0.1) is 0 Å². The fraction of sp³-hybridized carbons (Fsp3) is 1.00. The van der Waals surface area contributed by atoms with Crippen LogP contribution in [-0.4, -0.2) is 203 Å². The van der Waals surface area contributed by atoms with Crippen molar-refractivity contribution in [2.45, 2.75) is 223 Å². The third-order valence-corrected chi connectivity index (χ3v) is 19.8. The average molecular weight is 963 g/mol. The topological polar surface area (TPSA) is 318 Å². The second-order valence-corrected chi connectivity index (χ2v) is 23.6. The monoisotopic (exact) mass is 963 g/mol. The van der Waals surface area contributed by atoms with Crippen LogP contribution >= 0.6 is 0 Å². The van der Waals surface area contributed by atoms with E-state index in [4.69, 9.17) is 28.4 Å². The van der Waals surface area contributed by atoms with Crippen LogP contribution in [-0.2, 0) is 28.4 Å². The zero-order valence-electron chi connectivity index (χ0n) is 40.1. The molecule has 19 heteroatoms. The number of fused-ring (bicyclic) bond motifs is 2. The normalized spacial score (nSPS) is 54.7. The van der Waals surface area contributed by atoms with Gasteiger partial charge in [-0.3, -0.25) is 0 Å². The molecule has 19 nitrogen and oxygen atoms in total. The van der Waals surface area contributed by atoms with Gasteiger partial charge in [0.15, 0.2) is 18.9 Å². The maximum atomic E-state index is 12.6. The van der Waals surface area contributed by atoms with Crippen molar-refractivity contribution in [2.75, 3.05) is 19.8 Å². The fourth-order valence-electron chi connectivity index (χ4n) is 16.0. The molecule has 5 aliphatic carbocycles. The summed E-state index contributed by atoms with van der Waals surface area (Å²) in [5, 5.41) is 142. The molecule has 0 aromatic carbocycles. The lowest BCUT2D eigenvalue weighted by atomic mass is 9.41. The molecular weight excluding hydrogens is 881 g/mol. The number of hydrogen-bond donors (Lipinski definition) is 13. The Hall–Kier alpha value is -0.760. The van der Waals surface area contributed by atoms with Crippen molar-refractivity contribution >= 4 is 0 Å². The smallest absolute Gasteiger partial charge is 0.187 e. The van der Waals surface area contributed by atoms with E-state index in [0.29, 0.717) is 25.7 Å². The van der Waals surface area contributed by atoms with E-state index in [-0.39, 0.29) is 51.2 Å². The Labute approximate surface area is 393 Å². The van der Waals surface area contributed by atoms with Gasteiger partial charge in [0.1, 0.15) is 73.2 Å². The Morgan fingerprint density at radius 1 is 0.567 bits per heavy atom. The standard InChI is InChI=1S/C48H82O19/c1-20(2)22(52)9-8-21(3)31-23(53)14-45(6)28-11-10-27-44(4,5)30(12-13-47(27)19-48(28,47)29(54)15-46(31,45)7)65-43-40(36(59)33(56)25(17-50)64-43)67-42-38(61)39(34(57)26(18-51)63-42)66-41-37(60)35(58)32(55)24(16-49)62-41/h20-43,49-61H,8-19H2,1-7H3/t21-,22+,23+,24-,25-,26-,27+,28+,29-,30+,31+,32-,33-,34-,35+,36+,37-,38-,39+,40-,41+,42+,43+,45+,46-,47-,48+/m1/s1. The first-order valence-corrected chi connectivity index (χ1v) is 25.0. The predicted molar refractivity (Wildman–Crippen MR) is 233 cm³/mol. The lowest BCUT2D eigenvalue weighted by Gasteiger charge is -2.64. The van der Waals surface area contributed by atoms with Gasteiger partial charge in [-0.2, -0.15) is 0 Å². The third kappa shape index (κ3) is 8.12. The third-order valence-electron chi connectivity index (χ3n) is 19.8. The Morgan fingerprint density at radius 2 is 1.12 bits per heavy atom. The number of aliphatic hydroxyl groups excluding tert-OH is 13. The lowest BCUT2D eigenvalue weighted by Crippen LogP contribution is -2.67. The molecular formula is C48H82O19. The number of ether oxygens (including phenoxy) is 6. The summed E-state index contributed by atoms with van der Waals surface area (Å²) in [5.41, 5.74) is -1.61. The Kier molecular flexibility index (Phi) is 14.9. The van der Waals surface area contributed by atoms with E-state index in [9.17, 15) is 66.4 Å². The van der Waals surface area contributed by atoms with Gasteiger partial charge in [-0.25, -0.2) is 0 Å². The molecule has 8 rings (SSSR count). The van der Waals surface area contributed by atoms with Crippen molar-refractivity contribution in [3.63, 3.8) is 0 Å². The number of aliphatic hydroxyl groups is 13. The number of hydrogen-bond acceptors (Lipinski definition) is 19. The highest BCUT2D eigenvalue weighted by Crippen LogP contribution is 2.89. The molecule has 27 atom stereocenters. The van der Waals surface area contributed by atoms with Gasteiger partial charge in [-0.1, -0.05) is 48.5 Å². The van der Waals surface area contributed by atoms with Gasteiger partial charge in [0.05, 0.1) is 44.2 Å². The first-order valence-electron chi connectivity index (χ1n) is 25.0. The molecule has 388 valence electrons. The first kappa shape index (κ1) is 52.6. The van der Waals surface area contributed by atoms with Gasteiger partial charge < -0.3 is 94.8 Å². The Morgan fingerprint density at radius 3 is 1.73 bits per heavy atom. The molecule has 8 fully saturated rings. The SMILES string of the molecule is CC(C)[C@@H](O)CC[C@@H](C)[C@H]1[C@@H](O)C[C@@]2(C)[C@@H]3CC[C@H]4C(C)(C)[C@@H](O[C@@H]5O[C@H](CO)[C@@H](O)[C@H](O)[C@H]5O[C@@H]5O[C@H](CO)[C@@H](O)[C@H](O[C@@H]6O[C@H](CO)[C@@H](O)[C@H](O)[C@H]6O)[C@H]5O)CC[C@@]45C[C@@]35[C@H](O)C[C@]12C. The van der Waals surface area contributed by atoms with Crippen LogP contribution in [0.1, 0.15) is 106 Å². The van der Waals surface area contributed by atoms with Gasteiger partial charge in [0, 0.05) is 5.41 Å². The second-order valence-electron chi connectivity index (χ2n) is 23.6. The number of rotatable bonds is 14. The maximum Gasteiger partial charge on any atom is 0.187 e. The van der Waals surface area contributed by atoms with Crippen LogP contribution < -0.4 is 0 Å². The minimum atomic E-state index is -1.94. The van der Waals surface area contributed by atoms with Crippen molar-refractivity contribution in [1.82, 2.24) is 0 Å². The summed E-state index contributed by atoms with van der Waals surface area (Å²) in [5.74, 6) is 0.580. The van der Waals surface area contributed by atoms with E-state index in [1.165, 1.54) is 0 Å². The Balaban J connectivity index is 1.00. The molecule has 0 aromatic heterocycles. The molecule has 2 spiro atoms. The van der Waals surface area contributed by atoms with E-state index in [2.05, 4.69) is 34.6 Å². The van der Waals surface area contributed by atoms with Gasteiger partial charge >= 0.3 is 0 Å². The predicted octanol–water partition coefficient (Wildman–Crippen LogP) is -1.37. The van der Waals surface area contributed by atoms with Crippen molar-refractivity contribution < 1.29 is 94.8 Å². The van der Waals surface area contributed by atoms with Crippen molar-refractivity contribution in [3.05, 3.63) is 0 Å². The van der Waals surface area contributed by atoms with Gasteiger partial charge in [0.2, 0.25) is 0 Å². The molecule has 3 aliphatic heterocycles. The molecule has 3 saturated heterocycles. The molecule has 0 bridgehead atoms. The molecule has 67 heavy (non-hydrogen) atoms. The van der Waals surface area contributed by atoms with Gasteiger partial charge in [0.25, 0.3) is 0 Å². The molecule has 5 saturated carbocycles. The highest BCUT2D eigenvalue weighted by Gasteiger charge is 2.85. The second kappa shape index (κ2) is 18.9. The van der Waals surface area contributed by atoms with E-state index in [0.717, 1.165) is 32.1 Å². The zero-order valence-corrected chi connectivity index (χ0v) is 40.1.